The van der Waals surface area contributed by atoms with Gasteiger partial charge in [-0.2, -0.15) is 5.10 Å². The number of aromatic carboxylic acids is 1. The standard InChI is InChI=1S/C11H16N2O2/c1-6-10(11(14)15)8(3)13(12-6)7(2)9-4-5-9/h7,9H,4-5H2,1-3H3,(H,14,15). The molecule has 0 amide bonds. The lowest BCUT2D eigenvalue weighted by atomic mass is 10.2. The van der Waals surface area contributed by atoms with Crippen molar-refractivity contribution in [2.24, 2.45) is 5.92 Å². The van der Waals surface area contributed by atoms with Crippen LogP contribution in [0.1, 0.15) is 47.6 Å². The second kappa shape index (κ2) is 3.36. The third-order valence-corrected chi connectivity index (χ3v) is 3.23. The van der Waals surface area contributed by atoms with Crippen LogP contribution in [0.5, 0.6) is 0 Å². The van der Waals surface area contributed by atoms with Crippen molar-refractivity contribution < 1.29 is 9.90 Å². The average Bonchev–Trinajstić information content (AvgIpc) is 2.91. The third-order valence-electron chi connectivity index (χ3n) is 3.23. The van der Waals surface area contributed by atoms with Crippen molar-refractivity contribution in [3.8, 4) is 0 Å². The lowest BCUT2D eigenvalue weighted by Crippen LogP contribution is -2.11. The molecular formula is C11H16N2O2. The molecule has 4 nitrogen and oxygen atoms in total. The highest BCUT2D eigenvalue weighted by atomic mass is 16.4. The van der Waals surface area contributed by atoms with Crippen molar-refractivity contribution in [3.05, 3.63) is 17.0 Å². The molecule has 1 N–H and O–H groups in total. The molecule has 0 radical (unpaired) electrons. The highest BCUT2D eigenvalue weighted by Crippen LogP contribution is 2.40. The first-order chi connectivity index (χ1) is 7.02. The van der Waals surface area contributed by atoms with Crippen LogP contribution in [-0.4, -0.2) is 20.9 Å². The Morgan fingerprint density at radius 2 is 2.13 bits per heavy atom. The number of carbonyl (C=O) groups is 1. The Kier molecular flexibility index (Phi) is 2.29. The smallest absolute Gasteiger partial charge is 0.339 e. The minimum absolute atomic E-state index is 0.330. The maximum Gasteiger partial charge on any atom is 0.339 e. The monoisotopic (exact) mass is 208 g/mol. The number of carboxylic acid groups (broad SMARTS) is 1. The fourth-order valence-electron chi connectivity index (χ4n) is 2.15. The summed E-state index contributed by atoms with van der Waals surface area (Å²) in [6.45, 7) is 5.71. The summed E-state index contributed by atoms with van der Waals surface area (Å²) in [5.74, 6) is -0.191. The first kappa shape index (κ1) is 10.2. The number of nitrogens with zero attached hydrogens (tertiary/aromatic N) is 2. The zero-order valence-electron chi connectivity index (χ0n) is 9.32. The van der Waals surface area contributed by atoms with Gasteiger partial charge in [-0.3, -0.25) is 4.68 Å². The van der Waals surface area contributed by atoms with Crippen molar-refractivity contribution in [1.29, 1.82) is 0 Å². The van der Waals surface area contributed by atoms with Crippen LogP contribution in [0.15, 0.2) is 0 Å². The Balaban J connectivity index is 2.40. The van der Waals surface area contributed by atoms with E-state index in [1.54, 1.807) is 6.92 Å². The minimum Gasteiger partial charge on any atom is -0.478 e. The Hall–Kier alpha value is -1.32. The Labute approximate surface area is 88.9 Å². The van der Waals surface area contributed by atoms with E-state index in [0.717, 1.165) is 5.69 Å². The summed E-state index contributed by atoms with van der Waals surface area (Å²) in [4.78, 5) is 11.0. The third kappa shape index (κ3) is 1.64. The highest BCUT2D eigenvalue weighted by molar-refractivity contribution is 5.90. The van der Waals surface area contributed by atoms with Crippen LogP contribution in [0.2, 0.25) is 0 Å². The number of carboxylic acids is 1. The quantitative estimate of drug-likeness (QED) is 0.828. The number of hydrogen-bond acceptors (Lipinski definition) is 2. The van der Waals surface area contributed by atoms with Gasteiger partial charge in [0, 0.05) is 0 Å². The fourth-order valence-corrected chi connectivity index (χ4v) is 2.15. The van der Waals surface area contributed by atoms with Crippen molar-refractivity contribution in [2.75, 3.05) is 0 Å². The van der Waals surface area contributed by atoms with Gasteiger partial charge in [0.15, 0.2) is 0 Å². The largest absolute Gasteiger partial charge is 0.478 e. The molecule has 1 atom stereocenters. The number of rotatable bonds is 3. The Morgan fingerprint density at radius 1 is 1.53 bits per heavy atom. The summed E-state index contributed by atoms with van der Waals surface area (Å²) in [6.07, 6.45) is 2.48. The van der Waals surface area contributed by atoms with E-state index < -0.39 is 5.97 Å². The zero-order chi connectivity index (χ0) is 11.2. The molecule has 0 spiro atoms. The molecule has 1 aromatic rings. The van der Waals surface area contributed by atoms with E-state index >= 15 is 0 Å². The summed E-state index contributed by atoms with van der Waals surface area (Å²) < 4.78 is 1.87. The molecule has 15 heavy (non-hydrogen) atoms. The molecule has 0 aliphatic heterocycles. The second-order valence-corrected chi connectivity index (χ2v) is 4.37. The molecule has 2 rings (SSSR count). The van der Waals surface area contributed by atoms with Crippen LogP contribution < -0.4 is 0 Å². The van der Waals surface area contributed by atoms with Crippen molar-refractivity contribution in [2.45, 2.75) is 39.7 Å². The van der Waals surface area contributed by atoms with Crippen LogP contribution >= 0.6 is 0 Å². The van der Waals surface area contributed by atoms with Gasteiger partial charge in [0.25, 0.3) is 0 Å². The second-order valence-electron chi connectivity index (χ2n) is 4.37. The molecule has 1 aromatic heterocycles. The van der Waals surface area contributed by atoms with Gasteiger partial charge in [0.1, 0.15) is 5.56 Å². The lowest BCUT2D eigenvalue weighted by molar-refractivity contribution is 0.0695. The maximum atomic E-state index is 11.0. The number of aryl methyl sites for hydroxylation is 1. The van der Waals surface area contributed by atoms with Crippen LogP contribution in [0.4, 0.5) is 0 Å². The van der Waals surface area contributed by atoms with E-state index in [4.69, 9.17) is 5.11 Å². The van der Waals surface area contributed by atoms with Gasteiger partial charge in [-0.25, -0.2) is 4.79 Å². The molecule has 82 valence electrons. The SMILES string of the molecule is Cc1nn(C(C)C2CC2)c(C)c1C(=O)O. The van der Waals surface area contributed by atoms with E-state index in [0.29, 0.717) is 23.2 Å². The minimum atomic E-state index is -0.876. The molecule has 1 aliphatic carbocycles. The summed E-state index contributed by atoms with van der Waals surface area (Å²) >= 11 is 0. The van der Waals surface area contributed by atoms with Gasteiger partial charge in [-0.15, -0.1) is 0 Å². The lowest BCUT2D eigenvalue weighted by Gasteiger charge is -2.12. The van der Waals surface area contributed by atoms with E-state index in [-0.39, 0.29) is 0 Å². The molecule has 1 unspecified atom stereocenters. The summed E-state index contributed by atoms with van der Waals surface area (Å²) in [7, 11) is 0. The van der Waals surface area contributed by atoms with Crippen LogP contribution in [0.25, 0.3) is 0 Å². The summed E-state index contributed by atoms with van der Waals surface area (Å²) in [6, 6.07) is 0.330. The van der Waals surface area contributed by atoms with Crippen LogP contribution in [0, 0.1) is 19.8 Å². The van der Waals surface area contributed by atoms with E-state index in [9.17, 15) is 4.79 Å². The molecule has 1 saturated carbocycles. The normalized spacial score (nSPS) is 17.8. The van der Waals surface area contributed by atoms with Crippen LogP contribution in [0.3, 0.4) is 0 Å². The summed E-state index contributed by atoms with van der Waals surface area (Å²) in [5, 5.41) is 13.4. The predicted molar refractivity (Wildman–Crippen MR) is 56.1 cm³/mol. The van der Waals surface area contributed by atoms with Gasteiger partial charge in [0.2, 0.25) is 0 Å². The number of hydrogen-bond donors (Lipinski definition) is 1. The van der Waals surface area contributed by atoms with Gasteiger partial charge in [-0.1, -0.05) is 0 Å². The Bertz CT molecular complexity index is 405. The van der Waals surface area contributed by atoms with Gasteiger partial charge in [-0.05, 0) is 39.5 Å². The zero-order valence-corrected chi connectivity index (χ0v) is 9.32. The number of aromatic nitrogens is 2. The van der Waals surface area contributed by atoms with E-state index in [2.05, 4.69) is 12.0 Å². The topological polar surface area (TPSA) is 55.1 Å². The maximum absolute atomic E-state index is 11.0. The average molecular weight is 208 g/mol. The van der Waals surface area contributed by atoms with Gasteiger partial charge in [0.05, 0.1) is 17.4 Å². The van der Waals surface area contributed by atoms with E-state index in [1.807, 2.05) is 11.6 Å². The summed E-state index contributed by atoms with van der Waals surface area (Å²) in [5.41, 5.74) is 1.76. The van der Waals surface area contributed by atoms with Crippen molar-refractivity contribution >= 4 is 5.97 Å². The fraction of sp³-hybridized carbons (Fsp3) is 0.636. The van der Waals surface area contributed by atoms with Crippen molar-refractivity contribution in [3.63, 3.8) is 0 Å². The molecule has 0 aromatic carbocycles. The Morgan fingerprint density at radius 3 is 2.53 bits per heavy atom. The first-order valence-electron chi connectivity index (χ1n) is 5.31. The molecule has 1 aliphatic rings. The van der Waals surface area contributed by atoms with Crippen molar-refractivity contribution in [1.82, 2.24) is 9.78 Å². The van der Waals surface area contributed by atoms with Gasteiger partial charge >= 0.3 is 5.97 Å². The molecule has 0 bridgehead atoms. The van der Waals surface area contributed by atoms with Crippen LogP contribution in [-0.2, 0) is 0 Å². The van der Waals surface area contributed by atoms with E-state index in [1.165, 1.54) is 12.8 Å². The molecule has 0 saturated heterocycles. The van der Waals surface area contributed by atoms with Gasteiger partial charge < -0.3 is 5.11 Å². The first-order valence-corrected chi connectivity index (χ1v) is 5.31. The molecular weight excluding hydrogens is 192 g/mol. The highest BCUT2D eigenvalue weighted by Gasteiger charge is 2.32. The predicted octanol–water partition coefficient (Wildman–Crippen LogP) is 2.17. The molecule has 4 heteroatoms. The molecule has 1 fully saturated rings. The molecule has 1 heterocycles.